The Morgan fingerprint density at radius 2 is 1.66 bits per heavy atom. The summed E-state index contributed by atoms with van der Waals surface area (Å²) in [6.45, 7) is 7.01. The van der Waals surface area contributed by atoms with Gasteiger partial charge in [-0.3, -0.25) is 9.88 Å². The van der Waals surface area contributed by atoms with Gasteiger partial charge in [-0.1, -0.05) is 6.07 Å². The molecule has 1 aromatic rings. The SMILES string of the molecule is O=C(NC[C@]12COC[C@H]1CN(Cc1cccnc1)C2)N1CCCC1.O=C(O)C(F)(F)F.O=C(O)C(F)(F)F. The number of carbonyl (C=O) groups is 3. The number of urea groups is 1. The molecule has 3 aliphatic heterocycles. The Hall–Kier alpha value is -3.14. The lowest BCUT2D eigenvalue weighted by atomic mass is 9.81. The lowest BCUT2D eigenvalue weighted by Crippen LogP contribution is -2.47. The van der Waals surface area contributed by atoms with E-state index in [0.29, 0.717) is 5.92 Å². The summed E-state index contributed by atoms with van der Waals surface area (Å²) >= 11 is 0. The monoisotopic (exact) mass is 558 g/mol. The van der Waals surface area contributed by atoms with Crippen molar-refractivity contribution in [2.24, 2.45) is 11.3 Å². The normalized spacial score (nSPS) is 23.0. The Morgan fingerprint density at radius 1 is 1.08 bits per heavy atom. The fraction of sp³-hybridized carbons (Fsp3) is 0.636. The highest BCUT2D eigenvalue weighted by molar-refractivity contribution is 5.74. The summed E-state index contributed by atoms with van der Waals surface area (Å²) in [4.78, 5) is 38.7. The smallest absolute Gasteiger partial charge is 0.475 e. The van der Waals surface area contributed by atoms with Crippen LogP contribution in [0, 0.1) is 11.3 Å². The number of aliphatic carboxylic acids is 2. The molecule has 0 saturated carbocycles. The van der Waals surface area contributed by atoms with E-state index in [-0.39, 0.29) is 11.4 Å². The van der Waals surface area contributed by atoms with Crippen LogP contribution in [0.5, 0.6) is 0 Å². The van der Waals surface area contributed by atoms with Crippen LogP contribution in [0.25, 0.3) is 0 Å². The van der Waals surface area contributed by atoms with E-state index in [4.69, 9.17) is 24.5 Å². The highest BCUT2D eigenvalue weighted by Gasteiger charge is 2.50. The molecule has 214 valence electrons. The second-order valence-corrected chi connectivity index (χ2v) is 9.06. The minimum absolute atomic E-state index is 0.0671. The molecule has 2 atom stereocenters. The summed E-state index contributed by atoms with van der Waals surface area (Å²) in [6, 6.07) is 4.21. The number of carbonyl (C=O) groups excluding carboxylic acids is 1. The Bertz CT molecular complexity index is 919. The van der Waals surface area contributed by atoms with Gasteiger partial charge in [0, 0.05) is 63.0 Å². The predicted octanol–water partition coefficient (Wildman–Crippen LogP) is 2.60. The van der Waals surface area contributed by atoms with Crippen molar-refractivity contribution in [2.75, 3.05) is 45.9 Å². The van der Waals surface area contributed by atoms with Crippen LogP contribution >= 0.6 is 0 Å². The number of alkyl halides is 6. The van der Waals surface area contributed by atoms with Gasteiger partial charge in [-0.2, -0.15) is 26.3 Å². The van der Waals surface area contributed by atoms with Crippen molar-refractivity contribution < 1.29 is 55.7 Å². The van der Waals surface area contributed by atoms with Gasteiger partial charge in [-0.15, -0.1) is 0 Å². The molecular weight excluding hydrogens is 530 g/mol. The van der Waals surface area contributed by atoms with E-state index in [9.17, 15) is 31.1 Å². The van der Waals surface area contributed by atoms with Crippen molar-refractivity contribution in [2.45, 2.75) is 31.7 Å². The van der Waals surface area contributed by atoms with E-state index in [1.54, 1.807) is 0 Å². The molecule has 1 aromatic heterocycles. The Morgan fingerprint density at radius 3 is 2.16 bits per heavy atom. The van der Waals surface area contributed by atoms with E-state index >= 15 is 0 Å². The van der Waals surface area contributed by atoms with Crippen molar-refractivity contribution >= 4 is 18.0 Å². The molecule has 0 radical (unpaired) electrons. The van der Waals surface area contributed by atoms with Crippen LogP contribution < -0.4 is 5.32 Å². The number of hydrogen-bond acceptors (Lipinski definition) is 6. The molecule has 4 rings (SSSR count). The van der Waals surface area contributed by atoms with Gasteiger partial charge in [0.15, 0.2) is 0 Å². The molecule has 16 heteroatoms. The van der Waals surface area contributed by atoms with Gasteiger partial charge in [-0.05, 0) is 24.5 Å². The first kappa shape index (κ1) is 31.1. The molecule has 4 heterocycles. The van der Waals surface area contributed by atoms with Crippen molar-refractivity contribution in [1.29, 1.82) is 0 Å². The van der Waals surface area contributed by atoms with Gasteiger partial charge in [0.1, 0.15) is 0 Å². The molecule has 0 unspecified atom stereocenters. The number of rotatable bonds is 4. The largest absolute Gasteiger partial charge is 0.490 e. The van der Waals surface area contributed by atoms with E-state index in [1.807, 2.05) is 23.4 Å². The van der Waals surface area contributed by atoms with Crippen LogP contribution in [0.4, 0.5) is 31.1 Å². The Kier molecular flexibility index (Phi) is 10.7. The van der Waals surface area contributed by atoms with Crippen LogP contribution in [0.15, 0.2) is 24.5 Å². The maximum atomic E-state index is 12.3. The van der Waals surface area contributed by atoms with Crippen LogP contribution in [0.1, 0.15) is 18.4 Å². The molecule has 3 saturated heterocycles. The van der Waals surface area contributed by atoms with Gasteiger partial charge in [0.2, 0.25) is 0 Å². The number of amides is 2. The predicted molar refractivity (Wildman–Crippen MR) is 118 cm³/mol. The second kappa shape index (κ2) is 13.1. The minimum atomic E-state index is -5.08. The number of halogens is 6. The fourth-order valence-electron chi connectivity index (χ4n) is 4.35. The molecule has 2 amide bonds. The highest BCUT2D eigenvalue weighted by atomic mass is 19.4. The standard InChI is InChI=1S/C18H26N4O2.2C2HF3O2/c23-17(22-6-1-2-7-22)20-12-18-13-21(10-16(18)11-24-14-18)9-15-4-3-5-19-8-15;2*3-2(4,5)1(6)7/h3-5,8,16H,1-2,6-7,9-14H2,(H,20,23);2*(H,6,7)/t16-,18+;;/m1../s1. The van der Waals surface area contributed by atoms with Gasteiger partial charge >= 0.3 is 30.3 Å². The maximum Gasteiger partial charge on any atom is 0.490 e. The number of carboxylic acid groups (broad SMARTS) is 2. The summed E-state index contributed by atoms with van der Waals surface area (Å²) in [5.41, 5.74) is 1.31. The molecule has 10 nitrogen and oxygen atoms in total. The van der Waals surface area contributed by atoms with Crippen LogP contribution in [-0.4, -0.2) is 101 Å². The molecular formula is C22H28F6N4O6. The molecule has 3 aliphatic rings. The van der Waals surface area contributed by atoms with Gasteiger partial charge in [0.05, 0.1) is 13.2 Å². The molecule has 0 aliphatic carbocycles. The number of likely N-dealkylation sites (tertiary alicyclic amines) is 2. The van der Waals surface area contributed by atoms with Crippen LogP contribution in [-0.2, 0) is 20.9 Å². The van der Waals surface area contributed by atoms with E-state index in [0.717, 1.165) is 65.3 Å². The second-order valence-electron chi connectivity index (χ2n) is 9.06. The number of fused-ring (bicyclic) bond motifs is 1. The summed E-state index contributed by atoms with van der Waals surface area (Å²) in [5.74, 6) is -5.01. The van der Waals surface area contributed by atoms with Crippen molar-refractivity contribution in [3.05, 3.63) is 30.1 Å². The number of nitrogens with one attached hydrogen (secondary N) is 1. The molecule has 3 fully saturated rings. The summed E-state index contributed by atoms with van der Waals surface area (Å²) < 4.78 is 69.2. The number of carboxylic acids is 2. The molecule has 0 spiro atoms. The number of aromatic nitrogens is 1. The molecule has 0 aromatic carbocycles. The average Bonchev–Trinajstić information content (AvgIpc) is 3.54. The van der Waals surface area contributed by atoms with E-state index in [1.165, 1.54) is 5.56 Å². The third-order valence-electron chi connectivity index (χ3n) is 6.19. The van der Waals surface area contributed by atoms with E-state index < -0.39 is 24.3 Å². The zero-order chi connectivity index (χ0) is 28.6. The maximum absolute atomic E-state index is 12.3. The quantitative estimate of drug-likeness (QED) is 0.481. The lowest BCUT2D eigenvalue weighted by Gasteiger charge is -2.29. The first-order chi connectivity index (χ1) is 17.6. The zero-order valence-corrected chi connectivity index (χ0v) is 20.1. The van der Waals surface area contributed by atoms with Gasteiger partial charge in [-0.25, -0.2) is 14.4 Å². The highest BCUT2D eigenvalue weighted by Crippen LogP contribution is 2.41. The van der Waals surface area contributed by atoms with E-state index in [2.05, 4.69) is 21.3 Å². The third-order valence-corrected chi connectivity index (χ3v) is 6.19. The van der Waals surface area contributed by atoms with Crippen molar-refractivity contribution in [3.8, 4) is 0 Å². The van der Waals surface area contributed by atoms with Crippen molar-refractivity contribution in [3.63, 3.8) is 0 Å². The molecule has 38 heavy (non-hydrogen) atoms. The minimum Gasteiger partial charge on any atom is -0.475 e. The summed E-state index contributed by atoms with van der Waals surface area (Å²) in [7, 11) is 0. The van der Waals surface area contributed by atoms with Gasteiger partial charge in [0.25, 0.3) is 0 Å². The van der Waals surface area contributed by atoms with Crippen LogP contribution in [0.3, 0.4) is 0 Å². The first-order valence-corrected chi connectivity index (χ1v) is 11.5. The van der Waals surface area contributed by atoms with Gasteiger partial charge < -0.3 is 25.2 Å². The molecule has 0 bridgehead atoms. The number of pyridine rings is 1. The first-order valence-electron chi connectivity index (χ1n) is 11.5. The summed E-state index contributed by atoms with van der Waals surface area (Å²) in [5, 5.41) is 17.4. The van der Waals surface area contributed by atoms with Crippen LogP contribution in [0.2, 0.25) is 0 Å². The lowest BCUT2D eigenvalue weighted by molar-refractivity contribution is -0.193. The Balaban J connectivity index is 0.000000301. The summed E-state index contributed by atoms with van der Waals surface area (Å²) in [6.07, 6.45) is -4.16. The third kappa shape index (κ3) is 9.31. The zero-order valence-electron chi connectivity index (χ0n) is 20.1. The number of hydrogen-bond donors (Lipinski definition) is 3. The Labute approximate surface area is 213 Å². The topological polar surface area (TPSA) is 132 Å². The molecule has 3 N–H and O–H groups in total. The van der Waals surface area contributed by atoms with Crippen molar-refractivity contribution in [1.82, 2.24) is 20.1 Å². The number of nitrogens with zero attached hydrogens (tertiary/aromatic N) is 3. The average molecular weight is 558 g/mol. The number of ether oxygens (including phenoxy) is 1. The fourth-order valence-corrected chi connectivity index (χ4v) is 4.35.